The van der Waals surface area contributed by atoms with E-state index in [9.17, 15) is 0 Å². The van der Waals surface area contributed by atoms with E-state index >= 15 is 0 Å². The maximum absolute atomic E-state index is 5.90. The van der Waals surface area contributed by atoms with E-state index in [-0.39, 0.29) is 0 Å². The highest BCUT2D eigenvalue weighted by molar-refractivity contribution is 6.30. The van der Waals surface area contributed by atoms with Crippen LogP contribution in [0.2, 0.25) is 5.02 Å². The van der Waals surface area contributed by atoms with Gasteiger partial charge in [0.15, 0.2) is 0 Å². The summed E-state index contributed by atoms with van der Waals surface area (Å²) in [6, 6.07) is 9.15. The molecule has 1 aromatic rings. The van der Waals surface area contributed by atoms with E-state index < -0.39 is 0 Å². The Hall–Kier alpha value is -0.530. The molecule has 2 unspecified atom stereocenters. The third kappa shape index (κ3) is 3.72. The summed E-state index contributed by atoms with van der Waals surface area (Å²) in [5.74, 6) is 0.968. The van der Waals surface area contributed by atoms with Gasteiger partial charge in [0.1, 0.15) is 0 Å². The van der Waals surface area contributed by atoms with Gasteiger partial charge in [0, 0.05) is 17.1 Å². The van der Waals surface area contributed by atoms with Gasteiger partial charge >= 0.3 is 0 Å². The zero-order valence-corrected chi connectivity index (χ0v) is 11.5. The molecular formula is C15H22ClN. The topological polar surface area (TPSA) is 12.0 Å². The van der Waals surface area contributed by atoms with Crippen LogP contribution in [0.15, 0.2) is 24.3 Å². The minimum atomic E-state index is 0.405. The summed E-state index contributed by atoms with van der Waals surface area (Å²) in [5.41, 5.74) is 1.31. The molecule has 2 rings (SSSR count). The van der Waals surface area contributed by atoms with Crippen LogP contribution >= 0.6 is 11.6 Å². The summed E-state index contributed by atoms with van der Waals surface area (Å²) in [4.78, 5) is 0. The van der Waals surface area contributed by atoms with E-state index in [1.165, 1.54) is 31.2 Å². The van der Waals surface area contributed by atoms with Crippen LogP contribution in [0.3, 0.4) is 0 Å². The summed E-state index contributed by atoms with van der Waals surface area (Å²) < 4.78 is 0. The molecule has 2 atom stereocenters. The van der Waals surface area contributed by atoms with Crippen molar-refractivity contribution in [1.82, 2.24) is 5.32 Å². The normalized spacial score (nSPS) is 19.7. The lowest BCUT2D eigenvalue weighted by Crippen LogP contribution is -2.32. The molecule has 0 aliphatic heterocycles. The zero-order valence-electron chi connectivity index (χ0n) is 10.7. The number of rotatable bonds is 5. The first-order valence-corrected chi connectivity index (χ1v) is 7.04. The average Bonchev–Trinajstić information content (AvgIpc) is 2.24. The smallest absolute Gasteiger partial charge is 0.0406 e. The van der Waals surface area contributed by atoms with Crippen molar-refractivity contribution in [1.29, 1.82) is 0 Å². The van der Waals surface area contributed by atoms with Gasteiger partial charge in [-0.1, -0.05) is 43.0 Å². The van der Waals surface area contributed by atoms with Crippen LogP contribution < -0.4 is 5.32 Å². The largest absolute Gasteiger partial charge is 0.308 e. The van der Waals surface area contributed by atoms with Gasteiger partial charge in [-0.15, -0.1) is 0 Å². The molecule has 2 heteroatoms. The van der Waals surface area contributed by atoms with Crippen LogP contribution in [0.1, 0.15) is 51.1 Å². The first-order valence-electron chi connectivity index (χ1n) is 6.66. The second-order valence-electron chi connectivity index (χ2n) is 5.37. The number of halogens is 1. The first kappa shape index (κ1) is 12.9. The van der Waals surface area contributed by atoms with Crippen molar-refractivity contribution < 1.29 is 0 Å². The molecule has 1 aliphatic carbocycles. The van der Waals surface area contributed by atoms with E-state index in [2.05, 4.69) is 31.3 Å². The van der Waals surface area contributed by atoms with Gasteiger partial charge in [0.25, 0.3) is 0 Å². The van der Waals surface area contributed by atoms with Crippen LogP contribution in [-0.4, -0.2) is 6.04 Å². The molecule has 1 nitrogen and oxygen atoms in total. The number of hydrogen-bond donors (Lipinski definition) is 1. The SMILES string of the molecule is CC(CC1CCC1)NC(C)c1ccc(Cl)cc1. The lowest BCUT2D eigenvalue weighted by Gasteiger charge is -2.30. The molecule has 1 saturated carbocycles. The van der Waals surface area contributed by atoms with Crippen molar-refractivity contribution in [3.05, 3.63) is 34.9 Å². The van der Waals surface area contributed by atoms with Gasteiger partial charge in [-0.3, -0.25) is 0 Å². The van der Waals surface area contributed by atoms with Crippen molar-refractivity contribution in [3.8, 4) is 0 Å². The van der Waals surface area contributed by atoms with Crippen LogP contribution in [0.5, 0.6) is 0 Å². The molecule has 1 N–H and O–H groups in total. The summed E-state index contributed by atoms with van der Waals surface area (Å²) in [6.45, 7) is 4.52. The second kappa shape index (κ2) is 5.88. The fourth-order valence-electron chi connectivity index (χ4n) is 2.57. The van der Waals surface area contributed by atoms with Crippen LogP contribution in [0, 0.1) is 5.92 Å². The number of nitrogens with one attached hydrogen (secondary N) is 1. The van der Waals surface area contributed by atoms with Gasteiger partial charge < -0.3 is 5.32 Å². The van der Waals surface area contributed by atoms with E-state index in [4.69, 9.17) is 11.6 Å². The lowest BCUT2D eigenvalue weighted by atomic mass is 9.81. The van der Waals surface area contributed by atoms with Crippen LogP contribution in [-0.2, 0) is 0 Å². The Bertz CT molecular complexity index is 342. The minimum absolute atomic E-state index is 0.405. The lowest BCUT2D eigenvalue weighted by molar-refractivity contribution is 0.259. The van der Waals surface area contributed by atoms with Crippen molar-refractivity contribution in [2.24, 2.45) is 5.92 Å². The summed E-state index contributed by atoms with van der Waals surface area (Å²) >= 11 is 5.90. The van der Waals surface area contributed by atoms with E-state index in [0.29, 0.717) is 12.1 Å². The Labute approximate surface area is 110 Å². The second-order valence-corrected chi connectivity index (χ2v) is 5.81. The van der Waals surface area contributed by atoms with Crippen molar-refractivity contribution in [3.63, 3.8) is 0 Å². The Balaban J connectivity index is 1.82. The van der Waals surface area contributed by atoms with Crippen molar-refractivity contribution in [2.45, 2.75) is 51.6 Å². The number of benzene rings is 1. The summed E-state index contributed by atoms with van der Waals surface area (Å²) in [5, 5.41) is 4.48. The van der Waals surface area contributed by atoms with Gasteiger partial charge in [-0.2, -0.15) is 0 Å². The Morgan fingerprint density at radius 2 is 1.88 bits per heavy atom. The average molecular weight is 252 g/mol. The summed E-state index contributed by atoms with van der Waals surface area (Å²) in [7, 11) is 0. The van der Waals surface area contributed by atoms with E-state index in [1.54, 1.807) is 0 Å². The molecule has 1 fully saturated rings. The minimum Gasteiger partial charge on any atom is -0.308 e. The predicted molar refractivity (Wildman–Crippen MR) is 74.4 cm³/mol. The molecular weight excluding hydrogens is 230 g/mol. The highest BCUT2D eigenvalue weighted by Crippen LogP contribution is 2.30. The van der Waals surface area contributed by atoms with Gasteiger partial charge in [0.05, 0.1) is 0 Å². The molecule has 0 bridgehead atoms. The maximum atomic E-state index is 5.90. The number of hydrogen-bond acceptors (Lipinski definition) is 1. The Kier molecular flexibility index (Phi) is 4.47. The quantitative estimate of drug-likeness (QED) is 0.808. The molecule has 94 valence electrons. The molecule has 1 aromatic carbocycles. The van der Waals surface area contributed by atoms with E-state index in [0.717, 1.165) is 10.9 Å². The molecule has 0 saturated heterocycles. The molecule has 0 aromatic heterocycles. The van der Waals surface area contributed by atoms with Gasteiger partial charge in [-0.25, -0.2) is 0 Å². The van der Waals surface area contributed by atoms with Crippen molar-refractivity contribution >= 4 is 11.6 Å². The first-order chi connectivity index (χ1) is 8.15. The third-order valence-electron chi connectivity index (χ3n) is 3.82. The summed E-state index contributed by atoms with van der Waals surface area (Å²) in [6.07, 6.45) is 5.62. The van der Waals surface area contributed by atoms with E-state index in [1.807, 2.05) is 12.1 Å². The molecule has 0 amide bonds. The molecule has 0 radical (unpaired) electrons. The van der Waals surface area contributed by atoms with Crippen LogP contribution in [0.4, 0.5) is 0 Å². The van der Waals surface area contributed by atoms with Gasteiger partial charge in [-0.05, 0) is 43.9 Å². The Morgan fingerprint density at radius 3 is 2.41 bits per heavy atom. The van der Waals surface area contributed by atoms with Gasteiger partial charge in [0.2, 0.25) is 0 Å². The molecule has 0 spiro atoms. The van der Waals surface area contributed by atoms with Crippen molar-refractivity contribution in [2.75, 3.05) is 0 Å². The molecule has 0 heterocycles. The fraction of sp³-hybridized carbons (Fsp3) is 0.600. The highest BCUT2D eigenvalue weighted by Gasteiger charge is 2.20. The standard InChI is InChI=1S/C15H22ClN/c1-11(10-13-4-3-5-13)17-12(2)14-6-8-15(16)9-7-14/h6-9,11-13,17H,3-5,10H2,1-2H3. The van der Waals surface area contributed by atoms with Crippen LogP contribution in [0.25, 0.3) is 0 Å². The molecule has 17 heavy (non-hydrogen) atoms. The maximum Gasteiger partial charge on any atom is 0.0406 e. The third-order valence-corrected chi connectivity index (χ3v) is 4.07. The monoisotopic (exact) mass is 251 g/mol. The Morgan fingerprint density at radius 1 is 1.24 bits per heavy atom. The highest BCUT2D eigenvalue weighted by atomic mass is 35.5. The predicted octanol–water partition coefficient (Wildman–Crippen LogP) is 4.57. The zero-order chi connectivity index (χ0) is 12.3. The molecule has 1 aliphatic rings. The fourth-order valence-corrected chi connectivity index (χ4v) is 2.70.